The molecule has 0 spiro atoms. The molecule has 1 aliphatic heterocycles. The minimum Gasteiger partial charge on any atom is -0.387 e. The highest BCUT2D eigenvalue weighted by molar-refractivity contribution is 7.70. The fraction of sp³-hybridized carbons (Fsp3) is 0.706. The van der Waals surface area contributed by atoms with Crippen molar-refractivity contribution < 1.29 is 43.3 Å². The summed E-state index contributed by atoms with van der Waals surface area (Å²) in [5.74, 6) is -1.28. The molecule has 1 fully saturated rings. The summed E-state index contributed by atoms with van der Waals surface area (Å²) in [6, 6.07) is 0. The van der Waals surface area contributed by atoms with Crippen LogP contribution >= 0.6 is 15.2 Å². The van der Waals surface area contributed by atoms with Crippen molar-refractivity contribution in [3.8, 4) is 0 Å². The van der Waals surface area contributed by atoms with Crippen LogP contribution in [0, 0.1) is 0 Å². The van der Waals surface area contributed by atoms with Crippen molar-refractivity contribution >= 4 is 32.2 Å². The van der Waals surface area contributed by atoms with E-state index in [2.05, 4.69) is 45.1 Å². The van der Waals surface area contributed by atoms with E-state index in [0.717, 1.165) is 0 Å². The molecule has 0 saturated carbocycles. The van der Waals surface area contributed by atoms with Crippen LogP contribution in [0.15, 0.2) is 12.7 Å². The first-order valence-electron chi connectivity index (χ1n) is 10.5. The molecule has 7 N–H and O–H groups in total. The Hall–Kier alpha value is -1.51. The molecule has 3 rings (SSSR count). The summed E-state index contributed by atoms with van der Waals surface area (Å²) in [4.78, 5) is 41.2. The van der Waals surface area contributed by atoms with Gasteiger partial charge in [0, 0.05) is 0 Å². The number of hydrogen-bond acceptors (Lipinski definition) is 11. The average molecular weight is 526 g/mol. The lowest BCUT2D eigenvalue weighted by atomic mass is 10.1. The molecule has 0 bridgehead atoms. The zero-order valence-electron chi connectivity index (χ0n) is 19.1. The van der Waals surface area contributed by atoms with Crippen LogP contribution in [-0.2, 0) is 18.4 Å². The quantitative estimate of drug-likeness (QED) is 0.231. The van der Waals surface area contributed by atoms with Gasteiger partial charge in [-0.15, -0.1) is 0 Å². The van der Waals surface area contributed by atoms with Gasteiger partial charge in [0.05, 0.1) is 12.9 Å². The molecule has 0 amide bonds. The molecule has 34 heavy (non-hydrogen) atoms. The largest absolute Gasteiger partial charge is 0.387 e. The van der Waals surface area contributed by atoms with E-state index in [-0.39, 0.29) is 17.0 Å². The normalized spacial score (nSPS) is 24.7. The molecule has 1 saturated heterocycles. The number of anilines is 1. The lowest BCUT2D eigenvalue weighted by Gasteiger charge is -2.18. The number of aliphatic hydroxyl groups is 2. The first kappa shape index (κ1) is 28.7. The fourth-order valence-electron chi connectivity index (χ4n) is 3.29. The topological polar surface area (TPSA) is 227 Å². The molecule has 2 aromatic heterocycles. The number of aliphatic hydroxyl groups excluding tert-OH is 2. The summed E-state index contributed by atoms with van der Waals surface area (Å²) >= 11 is 0. The van der Waals surface area contributed by atoms with Crippen molar-refractivity contribution in [3.05, 3.63) is 12.7 Å². The Kier molecular flexibility index (Phi) is 10.1. The second-order valence-corrected chi connectivity index (χ2v) is 11.5. The van der Waals surface area contributed by atoms with E-state index >= 15 is 0 Å². The van der Waals surface area contributed by atoms with Gasteiger partial charge in [-0.1, -0.05) is 20.8 Å². The third-order valence-electron chi connectivity index (χ3n) is 5.14. The monoisotopic (exact) mass is 526 g/mol. The van der Waals surface area contributed by atoms with Crippen molar-refractivity contribution in [1.29, 1.82) is 0 Å². The van der Waals surface area contributed by atoms with Crippen LogP contribution in [0.5, 0.6) is 0 Å². The van der Waals surface area contributed by atoms with Crippen molar-refractivity contribution in [2.24, 2.45) is 0 Å². The number of ether oxygens (including phenoxy) is 1. The molecule has 17 heteroatoms. The number of nitrogen functional groups attached to an aromatic ring is 1. The second kappa shape index (κ2) is 12.0. The predicted octanol–water partition coefficient (Wildman–Crippen LogP) is -0.287. The van der Waals surface area contributed by atoms with Crippen molar-refractivity contribution in [3.63, 3.8) is 0 Å². The highest BCUT2D eigenvalue weighted by atomic mass is 31.2. The molecule has 15 nitrogen and oxygen atoms in total. The number of imidazole rings is 1. The molecule has 0 aromatic carbocycles. The van der Waals surface area contributed by atoms with Gasteiger partial charge in [0.1, 0.15) is 30.2 Å². The van der Waals surface area contributed by atoms with Crippen LogP contribution in [0.25, 0.3) is 11.2 Å². The minimum atomic E-state index is -4.79. The van der Waals surface area contributed by atoms with Crippen LogP contribution in [0.2, 0.25) is 0 Å². The molecule has 0 radical (unpaired) electrons. The third-order valence-corrected chi connectivity index (χ3v) is 8.60. The summed E-state index contributed by atoms with van der Waals surface area (Å²) in [5, 5.41) is 20.3. The number of nitrogens with two attached hydrogens (primary N) is 1. The maximum Gasteiger partial charge on any atom is 0.340 e. The molecule has 5 atom stereocenters. The third kappa shape index (κ3) is 7.49. The molecular formula is C17H32N6O9P2. The van der Waals surface area contributed by atoms with Gasteiger partial charge < -0.3 is 44.8 Å². The Labute approximate surface area is 196 Å². The van der Waals surface area contributed by atoms with E-state index in [1.807, 2.05) is 0 Å². The summed E-state index contributed by atoms with van der Waals surface area (Å²) in [5.41, 5.74) is 6.17. The molecule has 0 aliphatic carbocycles. The average Bonchev–Trinajstić information content (AvgIpc) is 3.29. The number of hydrogen-bond donors (Lipinski definition) is 6. The van der Waals surface area contributed by atoms with E-state index in [9.17, 15) is 24.2 Å². The summed E-state index contributed by atoms with van der Waals surface area (Å²) < 4.78 is 33.9. The lowest BCUT2D eigenvalue weighted by Crippen LogP contribution is -2.33. The molecular weight excluding hydrogens is 494 g/mol. The number of nitrogens with zero attached hydrogens (tertiary/aromatic N) is 5. The summed E-state index contributed by atoms with van der Waals surface area (Å²) in [6.45, 7) is 9.44. The van der Waals surface area contributed by atoms with Gasteiger partial charge in [0.15, 0.2) is 23.6 Å². The number of rotatable bonds is 9. The minimum absolute atomic E-state index is 0.102. The van der Waals surface area contributed by atoms with E-state index in [1.54, 1.807) is 0 Å². The number of aromatic nitrogens is 4. The zero-order chi connectivity index (χ0) is 25.7. The van der Waals surface area contributed by atoms with Gasteiger partial charge in [0.25, 0.3) is 0 Å². The second-order valence-electron chi connectivity index (χ2n) is 7.49. The van der Waals surface area contributed by atoms with Gasteiger partial charge >= 0.3 is 15.2 Å². The molecule has 1 aliphatic rings. The van der Waals surface area contributed by atoms with E-state index < -0.39 is 52.2 Å². The Balaban J connectivity index is 0.000000509. The van der Waals surface area contributed by atoms with Gasteiger partial charge in [-0.25, -0.2) is 15.0 Å². The Morgan fingerprint density at radius 3 is 2.24 bits per heavy atom. The highest BCUT2D eigenvalue weighted by Gasteiger charge is 2.45. The highest BCUT2D eigenvalue weighted by Crippen LogP contribution is 2.55. The zero-order valence-corrected chi connectivity index (χ0v) is 20.9. The Morgan fingerprint density at radius 1 is 1.09 bits per heavy atom. The standard InChI is InChI=1S/C11H17N5O9P2.C6H15N/c12-9-6-10(14-2-13-9)16(3-15-6)11-8(18)7(17)5(25-11)1-24-27(22,23)4-26(19,20)21;1-4-7(5-2)6-3/h2-3,5,7-8,11,17-18H,1,4H2,(H,22,23)(H2,12,13,14)(H2,19,20,21);4-6H2,1-3H3/t5-,7-,8-,11-;/m1./s1. The molecule has 2 aromatic rings. The van der Waals surface area contributed by atoms with Gasteiger partial charge in [0.2, 0.25) is 0 Å². The summed E-state index contributed by atoms with van der Waals surface area (Å²) in [6.07, 6.45) is -2.94. The Bertz CT molecular complexity index is 1020. The van der Waals surface area contributed by atoms with E-state index in [1.165, 1.54) is 36.9 Å². The van der Waals surface area contributed by atoms with Crippen molar-refractivity contribution in [1.82, 2.24) is 24.4 Å². The predicted molar refractivity (Wildman–Crippen MR) is 122 cm³/mol. The lowest BCUT2D eigenvalue weighted by molar-refractivity contribution is -0.0483. The van der Waals surface area contributed by atoms with Crippen molar-refractivity contribution in [2.45, 2.75) is 45.3 Å². The van der Waals surface area contributed by atoms with Gasteiger partial charge in [-0.2, -0.15) is 0 Å². The first-order valence-corrected chi connectivity index (χ1v) is 14.1. The van der Waals surface area contributed by atoms with E-state index in [4.69, 9.17) is 20.3 Å². The van der Waals surface area contributed by atoms with Crippen LogP contribution < -0.4 is 5.73 Å². The van der Waals surface area contributed by atoms with Crippen LogP contribution in [0.3, 0.4) is 0 Å². The number of fused-ring (bicyclic) bond motifs is 1. The SMILES string of the molecule is CCN(CC)CC.Nc1ncnc2c1ncn2[C@@H]1O[C@H](COP(=O)(O)CP(=O)(O)O)[C@@H](O)[C@H]1O. The smallest absolute Gasteiger partial charge is 0.340 e. The Morgan fingerprint density at radius 2 is 1.71 bits per heavy atom. The molecule has 3 heterocycles. The van der Waals surface area contributed by atoms with Gasteiger partial charge in [-0.3, -0.25) is 13.7 Å². The molecule has 194 valence electrons. The van der Waals surface area contributed by atoms with Crippen LogP contribution in [-0.4, -0.2) is 99.8 Å². The van der Waals surface area contributed by atoms with Crippen LogP contribution in [0.1, 0.15) is 27.0 Å². The van der Waals surface area contributed by atoms with Gasteiger partial charge in [-0.05, 0) is 19.6 Å². The first-order chi connectivity index (χ1) is 15.8. The van der Waals surface area contributed by atoms with Crippen molar-refractivity contribution in [2.75, 3.05) is 37.9 Å². The molecule has 1 unspecified atom stereocenters. The maximum atomic E-state index is 11.7. The summed E-state index contributed by atoms with van der Waals surface area (Å²) in [7, 11) is -9.42. The maximum absolute atomic E-state index is 11.7. The fourth-order valence-corrected chi connectivity index (χ4v) is 5.86. The van der Waals surface area contributed by atoms with E-state index in [0.29, 0.717) is 0 Å². The van der Waals surface area contributed by atoms with Crippen LogP contribution in [0.4, 0.5) is 5.82 Å².